The van der Waals surface area contributed by atoms with E-state index in [9.17, 15) is 14.4 Å². The van der Waals surface area contributed by atoms with Crippen LogP contribution in [-0.2, 0) is 16.1 Å². The lowest BCUT2D eigenvalue weighted by atomic mass is 10.1. The molecule has 0 aliphatic carbocycles. The number of hydrogen-bond donors (Lipinski definition) is 1. The minimum atomic E-state index is -1.17. The minimum Gasteiger partial charge on any atom is -0.478 e. The molecule has 78 valence electrons. The van der Waals surface area contributed by atoms with Crippen LogP contribution in [0.2, 0.25) is 0 Å². The molecular weight excluding hydrogens is 200 g/mol. The van der Waals surface area contributed by atoms with Crippen molar-refractivity contribution in [2.45, 2.75) is 6.61 Å². The van der Waals surface area contributed by atoms with Gasteiger partial charge in [-0.05, 0) is 17.7 Å². The number of aromatic carboxylic acids is 1. The third-order valence-corrected chi connectivity index (χ3v) is 1.79. The molecule has 1 rings (SSSR count). The fourth-order valence-electron chi connectivity index (χ4n) is 1.12. The maximum Gasteiger partial charge on any atom is 0.336 e. The van der Waals surface area contributed by atoms with Crippen molar-refractivity contribution < 1.29 is 24.2 Å². The molecule has 5 heteroatoms. The maximum absolute atomic E-state index is 10.7. The van der Waals surface area contributed by atoms with Gasteiger partial charge in [-0.2, -0.15) is 0 Å². The number of carbonyl (C=O) groups is 3. The van der Waals surface area contributed by atoms with Gasteiger partial charge >= 0.3 is 5.97 Å². The monoisotopic (exact) mass is 208 g/mol. The van der Waals surface area contributed by atoms with Crippen LogP contribution in [0.4, 0.5) is 0 Å². The van der Waals surface area contributed by atoms with Crippen molar-refractivity contribution in [3.05, 3.63) is 34.9 Å². The molecule has 0 aliphatic rings. The number of ether oxygens (including phenoxy) is 1. The van der Waals surface area contributed by atoms with Crippen LogP contribution in [0.5, 0.6) is 0 Å². The molecule has 0 aliphatic heterocycles. The molecule has 1 aromatic carbocycles. The lowest BCUT2D eigenvalue weighted by molar-refractivity contribution is -0.129. The smallest absolute Gasteiger partial charge is 0.336 e. The van der Waals surface area contributed by atoms with E-state index in [1.165, 1.54) is 18.2 Å². The summed E-state index contributed by atoms with van der Waals surface area (Å²) >= 11 is 0. The van der Waals surface area contributed by atoms with E-state index in [1.807, 2.05) is 0 Å². The highest BCUT2D eigenvalue weighted by molar-refractivity contribution is 5.97. The Hall–Kier alpha value is -2.17. The Morgan fingerprint density at radius 1 is 1.40 bits per heavy atom. The third kappa shape index (κ3) is 2.63. The van der Waals surface area contributed by atoms with Crippen LogP contribution in [0, 0.1) is 0 Å². The molecule has 0 aromatic heterocycles. The van der Waals surface area contributed by atoms with Crippen LogP contribution in [0.1, 0.15) is 26.3 Å². The number of aldehydes is 1. The summed E-state index contributed by atoms with van der Waals surface area (Å²) in [6.07, 6.45) is 0.452. The van der Waals surface area contributed by atoms with Crippen molar-refractivity contribution in [3.63, 3.8) is 0 Å². The Balaban J connectivity index is 3.01. The molecular formula is C10H8O5. The zero-order valence-electron chi connectivity index (χ0n) is 7.67. The van der Waals surface area contributed by atoms with Crippen molar-refractivity contribution in [2.24, 2.45) is 0 Å². The average molecular weight is 208 g/mol. The van der Waals surface area contributed by atoms with Gasteiger partial charge in [0.1, 0.15) is 6.61 Å². The van der Waals surface area contributed by atoms with Crippen LogP contribution >= 0.6 is 0 Å². The number of carbonyl (C=O) groups excluding carboxylic acids is 2. The Labute approximate surface area is 85.3 Å². The van der Waals surface area contributed by atoms with Gasteiger partial charge in [0.05, 0.1) is 5.56 Å². The van der Waals surface area contributed by atoms with Crippen molar-refractivity contribution in [1.29, 1.82) is 0 Å². The molecule has 5 nitrogen and oxygen atoms in total. The fourth-order valence-corrected chi connectivity index (χ4v) is 1.12. The molecule has 15 heavy (non-hydrogen) atoms. The first-order chi connectivity index (χ1) is 7.19. The van der Waals surface area contributed by atoms with E-state index < -0.39 is 5.97 Å². The highest BCUT2D eigenvalue weighted by atomic mass is 16.5. The van der Waals surface area contributed by atoms with Crippen molar-refractivity contribution in [2.75, 3.05) is 0 Å². The van der Waals surface area contributed by atoms with E-state index in [0.717, 1.165) is 0 Å². The molecule has 0 unspecified atom stereocenters. The number of carboxylic acids is 1. The van der Waals surface area contributed by atoms with Crippen molar-refractivity contribution in [1.82, 2.24) is 0 Å². The predicted octanol–water partition coefficient (Wildman–Crippen LogP) is 0.870. The molecule has 0 fully saturated rings. The van der Waals surface area contributed by atoms with E-state index >= 15 is 0 Å². The van der Waals surface area contributed by atoms with Gasteiger partial charge in [-0.25, -0.2) is 4.79 Å². The predicted molar refractivity (Wildman–Crippen MR) is 49.6 cm³/mol. The first kappa shape index (κ1) is 10.9. The molecule has 0 saturated heterocycles. The Morgan fingerprint density at radius 2 is 2.13 bits per heavy atom. The Morgan fingerprint density at radius 3 is 2.67 bits per heavy atom. The summed E-state index contributed by atoms with van der Waals surface area (Å²) < 4.78 is 4.48. The van der Waals surface area contributed by atoms with Gasteiger partial charge < -0.3 is 9.84 Å². The number of benzene rings is 1. The largest absolute Gasteiger partial charge is 0.478 e. The molecule has 0 heterocycles. The SMILES string of the molecule is O=COCc1ccc(C(=O)O)c(C=O)c1. The van der Waals surface area contributed by atoms with Crippen molar-refractivity contribution in [3.8, 4) is 0 Å². The highest BCUT2D eigenvalue weighted by Crippen LogP contribution is 2.11. The summed E-state index contributed by atoms with van der Waals surface area (Å²) in [5, 5.41) is 8.72. The first-order valence-corrected chi connectivity index (χ1v) is 4.05. The standard InChI is InChI=1S/C10H8O5/c11-4-8-3-7(5-15-6-12)1-2-9(8)10(13)14/h1-4,6H,5H2,(H,13,14). The topological polar surface area (TPSA) is 80.7 Å². The second kappa shape index (κ2) is 4.90. The summed E-state index contributed by atoms with van der Waals surface area (Å²) in [5.41, 5.74) is 0.559. The summed E-state index contributed by atoms with van der Waals surface area (Å²) in [6.45, 7) is 0.302. The van der Waals surface area contributed by atoms with Crippen LogP contribution in [0.3, 0.4) is 0 Å². The summed E-state index contributed by atoms with van der Waals surface area (Å²) in [6, 6.07) is 4.16. The van der Waals surface area contributed by atoms with E-state index in [-0.39, 0.29) is 24.2 Å². The number of carboxylic acid groups (broad SMARTS) is 1. The quantitative estimate of drug-likeness (QED) is 0.726. The van der Waals surface area contributed by atoms with Gasteiger partial charge in [-0.1, -0.05) is 6.07 Å². The molecule has 1 aromatic rings. The average Bonchev–Trinajstić information content (AvgIpc) is 2.25. The second-order valence-electron chi connectivity index (χ2n) is 2.75. The zero-order chi connectivity index (χ0) is 11.3. The number of hydrogen-bond acceptors (Lipinski definition) is 4. The first-order valence-electron chi connectivity index (χ1n) is 4.05. The highest BCUT2D eigenvalue weighted by Gasteiger charge is 2.09. The fraction of sp³-hybridized carbons (Fsp3) is 0.100. The molecule has 0 radical (unpaired) electrons. The van der Waals surface area contributed by atoms with E-state index in [4.69, 9.17) is 5.11 Å². The third-order valence-electron chi connectivity index (χ3n) is 1.79. The van der Waals surface area contributed by atoms with Gasteiger partial charge in [0.15, 0.2) is 6.29 Å². The van der Waals surface area contributed by atoms with Gasteiger partial charge in [0, 0.05) is 5.56 Å². The lowest BCUT2D eigenvalue weighted by Gasteiger charge is -2.03. The van der Waals surface area contributed by atoms with Gasteiger partial charge in [-0.15, -0.1) is 0 Å². The van der Waals surface area contributed by atoms with E-state index in [1.54, 1.807) is 0 Å². The summed E-state index contributed by atoms with van der Waals surface area (Å²) in [7, 11) is 0. The number of rotatable bonds is 5. The van der Waals surface area contributed by atoms with Gasteiger partial charge in [0.25, 0.3) is 6.47 Å². The van der Waals surface area contributed by atoms with Crippen LogP contribution < -0.4 is 0 Å². The van der Waals surface area contributed by atoms with Crippen LogP contribution in [0.25, 0.3) is 0 Å². The Kier molecular flexibility index (Phi) is 3.56. The maximum atomic E-state index is 10.7. The molecule has 0 bridgehead atoms. The minimum absolute atomic E-state index is 0.0181. The normalized spacial score (nSPS) is 9.33. The second-order valence-corrected chi connectivity index (χ2v) is 2.75. The molecule has 0 saturated carbocycles. The van der Waals surface area contributed by atoms with E-state index in [2.05, 4.69) is 4.74 Å². The molecule has 0 spiro atoms. The van der Waals surface area contributed by atoms with E-state index in [0.29, 0.717) is 11.8 Å². The van der Waals surface area contributed by atoms with Crippen LogP contribution in [-0.4, -0.2) is 23.8 Å². The molecule has 0 atom stereocenters. The lowest BCUT2D eigenvalue weighted by Crippen LogP contribution is -2.03. The molecule has 0 amide bonds. The zero-order valence-corrected chi connectivity index (χ0v) is 7.67. The Bertz CT molecular complexity index is 397. The summed E-state index contributed by atoms with van der Waals surface area (Å²) in [5.74, 6) is -1.17. The van der Waals surface area contributed by atoms with Gasteiger partial charge in [-0.3, -0.25) is 9.59 Å². The van der Waals surface area contributed by atoms with Crippen molar-refractivity contribution >= 4 is 18.7 Å². The summed E-state index contributed by atoms with van der Waals surface area (Å²) in [4.78, 5) is 31.2. The molecule has 1 N–H and O–H groups in total. The van der Waals surface area contributed by atoms with Gasteiger partial charge in [0.2, 0.25) is 0 Å². The van der Waals surface area contributed by atoms with Crippen LogP contribution in [0.15, 0.2) is 18.2 Å².